The number of anilines is 1. The molecule has 2 aromatic rings. The fraction of sp³-hybridized carbons (Fsp3) is 0.316. The lowest BCUT2D eigenvalue weighted by molar-refractivity contribution is 0.0679. The summed E-state index contributed by atoms with van der Waals surface area (Å²) in [6.07, 6.45) is 2.29. The molecule has 0 aliphatic carbocycles. The van der Waals surface area contributed by atoms with E-state index >= 15 is 0 Å². The summed E-state index contributed by atoms with van der Waals surface area (Å²) in [7, 11) is 1.54. The Morgan fingerprint density at radius 3 is 2.72 bits per heavy atom. The molecule has 1 amide bonds. The number of carbonyl (C=O) groups excluding carboxylic acids is 1. The van der Waals surface area contributed by atoms with Crippen molar-refractivity contribution in [3.63, 3.8) is 0 Å². The van der Waals surface area contributed by atoms with E-state index in [-0.39, 0.29) is 12.0 Å². The second kappa shape index (κ2) is 8.23. The van der Waals surface area contributed by atoms with E-state index in [4.69, 9.17) is 25.8 Å². The average Bonchev–Trinajstić information content (AvgIpc) is 3.14. The first-order chi connectivity index (χ1) is 12.2. The fourth-order valence-electron chi connectivity index (χ4n) is 2.61. The number of halogens is 1. The maximum Gasteiger partial charge on any atom is 0.255 e. The van der Waals surface area contributed by atoms with Crippen molar-refractivity contribution in [3.05, 3.63) is 53.1 Å². The smallest absolute Gasteiger partial charge is 0.255 e. The number of hydrogen-bond acceptors (Lipinski definition) is 4. The van der Waals surface area contributed by atoms with Gasteiger partial charge in [-0.15, -0.1) is 0 Å². The number of nitrogens with one attached hydrogen (secondary N) is 1. The van der Waals surface area contributed by atoms with E-state index in [0.717, 1.165) is 25.2 Å². The van der Waals surface area contributed by atoms with Crippen molar-refractivity contribution in [2.75, 3.05) is 25.6 Å². The second-order valence-corrected chi connectivity index (χ2v) is 6.18. The van der Waals surface area contributed by atoms with E-state index in [9.17, 15) is 4.79 Å². The Morgan fingerprint density at radius 2 is 2.08 bits per heavy atom. The molecule has 132 valence electrons. The first-order valence-corrected chi connectivity index (χ1v) is 8.53. The summed E-state index contributed by atoms with van der Waals surface area (Å²) in [5.74, 6) is 1.07. The van der Waals surface area contributed by atoms with Crippen LogP contribution in [0.15, 0.2) is 42.5 Å². The van der Waals surface area contributed by atoms with Crippen LogP contribution in [0.4, 0.5) is 5.69 Å². The lowest BCUT2D eigenvalue weighted by Crippen LogP contribution is -2.16. The number of benzene rings is 2. The topological polar surface area (TPSA) is 56.8 Å². The molecule has 5 nitrogen and oxygen atoms in total. The van der Waals surface area contributed by atoms with Gasteiger partial charge in [-0.25, -0.2) is 0 Å². The van der Waals surface area contributed by atoms with Crippen molar-refractivity contribution in [2.45, 2.75) is 18.9 Å². The van der Waals surface area contributed by atoms with E-state index in [1.807, 2.05) is 0 Å². The molecule has 0 unspecified atom stereocenters. The Hall–Kier alpha value is -2.24. The van der Waals surface area contributed by atoms with Gasteiger partial charge < -0.3 is 19.5 Å². The predicted molar refractivity (Wildman–Crippen MR) is 96.9 cm³/mol. The van der Waals surface area contributed by atoms with Gasteiger partial charge in [0.2, 0.25) is 0 Å². The summed E-state index contributed by atoms with van der Waals surface area (Å²) < 4.78 is 16.3. The minimum absolute atomic E-state index is 0.169. The highest BCUT2D eigenvalue weighted by Gasteiger charge is 2.16. The average molecular weight is 362 g/mol. The molecule has 0 spiro atoms. The Balaban J connectivity index is 1.57. The second-order valence-electron chi connectivity index (χ2n) is 5.77. The van der Waals surface area contributed by atoms with Crippen molar-refractivity contribution in [1.29, 1.82) is 0 Å². The molecule has 1 aliphatic rings. The zero-order valence-electron chi connectivity index (χ0n) is 14.0. The molecule has 1 saturated heterocycles. The van der Waals surface area contributed by atoms with Crippen molar-refractivity contribution >= 4 is 23.2 Å². The van der Waals surface area contributed by atoms with Crippen LogP contribution in [0.3, 0.4) is 0 Å². The van der Waals surface area contributed by atoms with E-state index in [2.05, 4.69) is 5.32 Å². The highest BCUT2D eigenvalue weighted by atomic mass is 35.5. The van der Waals surface area contributed by atoms with Gasteiger partial charge in [-0.2, -0.15) is 0 Å². The zero-order chi connectivity index (χ0) is 17.6. The van der Waals surface area contributed by atoms with Crippen LogP contribution in [0.25, 0.3) is 0 Å². The van der Waals surface area contributed by atoms with Crippen LogP contribution in [-0.2, 0) is 4.74 Å². The molecule has 1 aliphatic heterocycles. The Labute approximate surface area is 151 Å². The third-order valence-corrected chi connectivity index (χ3v) is 4.28. The van der Waals surface area contributed by atoms with Gasteiger partial charge in [0.15, 0.2) is 0 Å². The molecule has 0 aromatic heterocycles. The summed E-state index contributed by atoms with van der Waals surface area (Å²) in [6.45, 7) is 1.35. The number of rotatable bonds is 6. The van der Waals surface area contributed by atoms with Gasteiger partial charge in [0.25, 0.3) is 5.91 Å². The standard InChI is InChI=1S/C19H20ClNO4/c1-23-18-9-6-14(11-17(18)20)21-19(22)13-4-7-15(8-5-13)25-12-16-3-2-10-24-16/h4-9,11,16H,2-3,10,12H2,1H3,(H,21,22)/t16-/m1/s1. The molecule has 25 heavy (non-hydrogen) atoms. The molecule has 0 bridgehead atoms. The number of carbonyl (C=O) groups is 1. The van der Waals surface area contributed by atoms with Crippen LogP contribution in [0, 0.1) is 0 Å². The van der Waals surface area contributed by atoms with Crippen LogP contribution in [0.1, 0.15) is 23.2 Å². The lowest BCUT2D eigenvalue weighted by Gasteiger charge is -2.12. The third-order valence-electron chi connectivity index (χ3n) is 3.99. The largest absolute Gasteiger partial charge is 0.495 e. The zero-order valence-corrected chi connectivity index (χ0v) is 14.7. The van der Waals surface area contributed by atoms with Crippen LogP contribution in [0.5, 0.6) is 11.5 Å². The molecule has 1 heterocycles. The molecular formula is C19H20ClNO4. The van der Waals surface area contributed by atoms with Crippen molar-refractivity contribution in [1.82, 2.24) is 0 Å². The first-order valence-electron chi connectivity index (χ1n) is 8.15. The predicted octanol–water partition coefficient (Wildman–Crippen LogP) is 4.16. The molecule has 1 atom stereocenters. The Kier molecular flexibility index (Phi) is 5.79. The Morgan fingerprint density at radius 1 is 1.28 bits per heavy atom. The van der Waals surface area contributed by atoms with Crippen LogP contribution >= 0.6 is 11.6 Å². The fourth-order valence-corrected chi connectivity index (χ4v) is 2.87. The summed E-state index contributed by atoms with van der Waals surface area (Å²) in [5, 5.41) is 3.25. The molecule has 6 heteroatoms. The van der Waals surface area contributed by atoms with Gasteiger partial charge in [0.1, 0.15) is 18.1 Å². The van der Waals surface area contributed by atoms with Crippen molar-refractivity contribution in [2.24, 2.45) is 0 Å². The normalized spacial score (nSPS) is 16.5. The minimum atomic E-state index is -0.216. The van der Waals surface area contributed by atoms with Crippen LogP contribution < -0.4 is 14.8 Å². The third kappa shape index (κ3) is 4.65. The number of methoxy groups -OCH3 is 1. The van der Waals surface area contributed by atoms with Crippen molar-refractivity contribution < 1.29 is 19.0 Å². The van der Waals surface area contributed by atoms with Gasteiger partial charge in [-0.05, 0) is 55.3 Å². The molecule has 0 radical (unpaired) electrons. The highest BCUT2D eigenvalue weighted by molar-refractivity contribution is 6.32. The molecule has 2 aromatic carbocycles. The number of hydrogen-bond donors (Lipinski definition) is 1. The number of amides is 1. The maximum absolute atomic E-state index is 12.3. The molecule has 3 rings (SSSR count). The van der Waals surface area contributed by atoms with Crippen LogP contribution in [0.2, 0.25) is 5.02 Å². The summed E-state index contributed by atoms with van der Waals surface area (Å²) in [6, 6.07) is 12.1. The highest BCUT2D eigenvalue weighted by Crippen LogP contribution is 2.27. The van der Waals surface area contributed by atoms with Gasteiger partial charge in [-0.3, -0.25) is 4.79 Å². The molecule has 0 saturated carbocycles. The van der Waals surface area contributed by atoms with E-state index in [1.54, 1.807) is 49.6 Å². The van der Waals surface area contributed by atoms with Gasteiger partial charge >= 0.3 is 0 Å². The SMILES string of the molecule is COc1ccc(NC(=O)c2ccc(OC[C@H]3CCCO3)cc2)cc1Cl. The Bertz CT molecular complexity index is 727. The van der Waals surface area contributed by atoms with Gasteiger partial charge in [0, 0.05) is 17.9 Å². The van der Waals surface area contributed by atoms with Gasteiger partial charge in [0.05, 0.1) is 18.2 Å². The lowest BCUT2D eigenvalue weighted by atomic mass is 10.2. The monoisotopic (exact) mass is 361 g/mol. The first kappa shape index (κ1) is 17.6. The molecular weight excluding hydrogens is 342 g/mol. The quantitative estimate of drug-likeness (QED) is 0.839. The summed E-state index contributed by atoms with van der Waals surface area (Å²) in [5.41, 5.74) is 1.14. The van der Waals surface area contributed by atoms with Crippen molar-refractivity contribution in [3.8, 4) is 11.5 Å². The van der Waals surface area contributed by atoms with Crippen LogP contribution in [-0.4, -0.2) is 32.3 Å². The van der Waals surface area contributed by atoms with E-state index in [0.29, 0.717) is 28.6 Å². The summed E-state index contributed by atoms with van der Waals surface area (Å²) in [4.78, 5) is 12.3. The van der Waals surface area contributed by atoms with E-state index in [1.165, 1.54) is 0 Å². The van der Waals surface area contributed by atoms with E-state index < -0.39 is 0 Å². The summed E-state index contributed by atoms with van der Waals surface area (Å²) >= 11 is 6.07. The molecule has 1 N–H and O–H groups in total. The minimum Gasteiger partial charge on any atom is -0.495 e. The van der Waals surface area contributed by atoms with Gasteiger partial charge in [-0.1, -0.05) is 11.6 Å². The maximum atomic E-state index is 12.3. The molecule has 1 fully saturated rings. The number of ether oxygens (including phenoxy) is 3.